The van der Waals surface area contributed by atoms with E-state index in [0.717, 1.165) is 0 Å². The van der Waals surface area contributed by atoms with Gasteiger partial charge in [-0.3, -0.25) is 0 Å². The molecule has 0 radical (unpaired) electrons. The van der Waals surface area contributed by atoms with Gasteiger partial charge in [-0.2, -0.15) is 0 Å². The number of allylic oxidation sites excluding steroid dienone is 2. The van der Waals surface area contributed by atoms with Gasteiger partial charge in [0.2, 0.25) is 0 Å². The zero-order chi connectivity index (χ0) is 16.9. The largest absolute Gasteiger partial charge is 0.346 e. The van der Waals surface area contributed by atoms with Crippen molar-refractivity contribution in [3.05, 3.63) is 83.6 Å². The molecule has 0 fully saturated rings. The molecule has 2 aromatic carbocycles. The molecule has 0 aliphatic heterocycles. The Morgan fingerprint density at radius 3 is 2.33 bits per heavy atom. The first-order valence-corrected chi connectivity index (χ1v) is 8.90. The van der Waals surface area contributed by atoms with E-state index in [1.54, 1.807) is 0 Å². The Morgan fingerprint density at radius 2 is 1.62 bits per heavy atom. The van der Waals surface area contributed by atoms with E-state index in [-0.39, 0.29) is 5.41 Å². The van der Waals surface area contributed by atoms with Crippen LogP contribution in [0.1, 0.15) is 43.5 Å². The summed E-state index contributed by atoms with van der Waals surface area (Å²) in [5.41, 5.74) is 5.60. The van der Waals surface area contributed by atoms with E-state index in [4.69, 9.17) is 0 Å². The number of benzene rings is 2. The molecule has 1 heterocycles. The summed E-state index contributed by atoms with van der Waals surface area (Å²) in [6.07, 6.45) is 4.86. The summed E-state index contributed by atoms with van der Waals surface area (Å²) >= 11 is 0. The minimum atomic E-state index is -0.0725. The fourth-order valence-electron chi connectivity index (χ4n) is 4.60. The molecule has 1 nitrogen and oxygen atoms in total. The third kappa shape index (κ3) is 1.87. The van der Waals surface area contributed by atoms with Crippen LogP contribution in [0.5, 0.6) is 0 Å². The van der Waals surface area contributed by atoms with Crippen LogP contribution >= 0.6 is 0 Å². The molecular formula is C23H25N. The zero-order valence-electron chi connectivity index (χ0n) is 15.0. The van der Waals surface area contributed by atoms with Crippen molar-refractivity contribution < 1.29 is 0 Å². The van der Waals surface area contributed by atoms with Crippen LogP contribution in [0, 0.1) is 5.92 Å². The molecule has 0 N–H and O–H groups in total. The number of para-hydroxylation sites is 1. The second-order valence-corrected chi connectivity index (χ2v) is 7.38. The smallest absolute Gasteiger partial charge is 0.0560 e. The van der Waals surface area contributed by atoms with Crippen molar-refractivity contribution in [1.82, 2.24) is 4.57 Å². The summed E-state index contributed by atoms with van der Waals surface area (Å²) in [5.74, 6) is 0.923. The van der Waals surface area contributed by atoms with Crippen LogP contribution in [0.25, 0.3) is 10.9 Å². The van der Waals surface area contributed by atoms with Crippen LogP contribution < -0.4 is 0 Å². The lowest BCUT2D eigenvalue weighted by atomic mass is 9.64. The SMILES string of the molecule is CC1C=CC(c2ccccc2)(C(C)C)c2c1c1ccccc1n2C. The molecule has 0 spiro atoms. The Kier molecular flexibility index (Phi) is 3.42. The van der Waals surface area contributed by atoms with Gasteiger partial charge in [0, 0.05) is 29.6 Å². The second-order valence-electron chi connectivity index (χ2n) is 7.38. The molecule has 1 aliphatic rings. The van der Waals surface area contributed by atoms with Gasteiger partial charge in [0.15, 0.2) is 0 Å². The van der Waals surface area contributed by atoms with Gasteiger partial charge in [-0.05, 0) is 23.1 Å². The highest BCUT2D eigenvalue weighted by Gasteiger charge is 2.43. The van der Waals surface area contributed by atoms with E-state index in [0.29, 0.717) is 11.8 Å². The fourth-order valence-corrected chi connectivity index (χ4v) is 4.60. The maximum atomic E-state index is 2.46. The van der Waals surface area contributed by atoms with Gasteiger partial charge in [-0.15, -0.1) is 0 Å². The number of hydrogen-bond donors (Lipinski definition) is 0. The average molecular weight is 315 g/mol. The molecule has 4 rings (SSSR count). The molecule has 0 saturated carbocycles. The number of aromatic nitrogens is 1. The lowest BCUT2D eigenvalue weighted by Crippen LogP contribution is -2.36. The number of nitrogens with zero attached hydrogens (tertiary/aromatic N) is 1. The first-order valence-electron chi connectivity index (χ1n) is 8.90. The van der Waals surface area contributed by atoms with E-state index in [2.05, 4.69) is 99.1 Å². The zero-order valence-corrected chi connectivity index (χ0v) is 15.0. The molecule has 1 aliphatic carbocycles. The second kappa shape index (κ2) is 5.37. The maximum absolute atomic E-state index is 2.46. The van der Waals surface area contributed by atoms with E-state index >= 15 is 0 Å². The van der Waals surface area contributed by atoms with Crippen molar-refractivity contribution in [1.29, 1.82) is 0 Å². The van der Waals surface area contributed by atoms with Crippen molar-refractivity contribution in [2.45, 2.75) is 32.1 Å². The van der Waals surface area contributed by atoms with Crippen molar-refractivity contribution >= 4 is 10.9 Å². The molecule has 2 unspecified atom stereocenters. The number of fused-ring (bicyclic) bond motifs is 3. The third-order valence-corrected chi connectivity index (χ3v) is 5.80. The minimum absolute atomic E-state index is 0.0725. The lowest BCUT2D eigenvalue weighted by molar-refractivity contribution is 0.420. The van der Waals surface area contributed by atoms with Crippen molar-refractivity contribution in [3.8, 4) is 0 Å². The van der Waals surface area contributed by atoms with Crippen molar-refractivity contribution in [2.24, 2.45) is 13.0 Å². The van der Waals surface area contributed by atoms with Gasteiger partial charge >= 0.3 is 0 Å². The van der Waals surface area contributed by atoms with Gasteiger partial charge in [-0.25, -0.2) is 0 Å². The summed E-state index contributed by atoms with van der Waals surface area (Å²) < 4.78 is 2.43. The van der Waals surface area contributed by atoms with Gasteiger partial charge < -0.3 is 4.57 Å². The van der Waals surface area contributed by atoms with Crippen LogP contribution in [0.3, 0.4) is 0 Å². The number of aryl methyl sites for hydroxylation is 1. The van der Waals surface area contributed by atoms with Crippen LogP contribution in [-0.2, 0) is 12.5 Å². The van der Waals surface area contributed by atoms with Crippen LogP contribution in [0.2, 0.25) is 0 Å². The normalized spacial score (nSPS) is 23.0. The van der Waals surface area contributed by atoms with E-state index in [9.17, 15) is 0 Å². The maximum Gasteiger partial charge on any atom is 0.0560 e. The van der Waals surface area contributed by atoms with Gasteiger partial charge in [-0.1, -0.05) is 81.5 Å². The number of hydrogen-bond acceptors (Lipinski definition) is 0. The molecule has 0 bridgehead atoms. The summed E-state index contributed by atoms with van der Waals surface area (Å²) in [7, 11) is 2.23. The molecule has 3 aromatic rings. The highest BCUT2D eigenvalue weighted by atomic mass is 15.0. The van der Waals surface area contributed by atoms with Crippen molar-refractivity contribution in [2.75, 3.05) is 0 Å². The Bertz CT molecular complexity index is 914. The average Bonchev–Trinajstić information content (AvgIpc) is 2.91. The summed E-state index contributed by atoms with van der Waals surface area (Å²) in [6.45, 7) is 7.00. The van der Waals surface area contributed by atoms with Gasteiger partial charge in [0.05, 0.1) is 5.41 Å². The van der Waals surface area contributed by atoms with Gasteiger partial charge in [0.25, 0.3) is 0 Å². The molecule has 2 atom stereocenters. The predicted octanol–water partition coefficient (Wildman–Crippen LogP) is 5.79. The monoisotopic (exact) mass is 315 g/mol. The summed E-state index contributed by atoms with van der Waals surface area (Å²) in [5, 5.41) is 1.40. The molecule has 1 heteroatoms. The Hall–Kier alpha value is -2.28. The van der Waals surface area contributed by atoms with Crippen LogP contribution in [-0.4, -0.2) is 4.57 Å². The molecule has 24 heavy (non-hydrogen) atoms. The molecule has 0 amide bonds. The molecule has 0 saturated heterocycles. The Balaban J connectivity index is 2.15. The van der Waals surface area contributed by atoms with E-state index in [1.807, 2.05) is 0 Å². The molecular weight excluding hydrogens is 290 g/mol. The number of rotatable bonds is 2. The first kappa shape index (κ1) is 15.3. The van der Waals surface area contributed by atoms with E-state index in [1.165, 1.54) is 27.7 Å². The van der Waals surface area contributed by atoms with Crippen LogP contribution in [0.15, 0.2) is 66.7 Å². The first-order chi connectivity index (χ1) is 11.6. The van der Waals surface area contributed by atoms with Gasteiger partial charge in [0.1, 0.15) is 0 Å². The highest BCUT2D eigenvalue weighted by Crippen LogP contribution is 2.50. The fraction of sp³-hybridized carbons (Fsp3) is 0.304. The molecule has 122 valence electrons. The third-order valence-electron chi connectivity index (χ3n) is 5.80. The standard InChI is InChI=1S/C23H25N/c1-16(2)23(18-10-6-5-7-11-18)15-14-17(3)21-19-12-8-9-13-20(19)24(4)22(21)23/h5-17H,1-4H3. The summed E-state index contributed by atoms with van der Waals surface area (Å²) in [6, 6.07) is 19.8. The highest BCUT2D eigenvalue weighted by molar-refractivity contribution is 5.88. The van der Waals surface area contributed by atoms with Crippen molar-refractivity contribution in [3.63, 3.8) is 0 Å². The van der Waals surface area contributed by atoms with E-state index < -0.39 is 0 Å². The molecule has 1 aromatic heterocycles. The Labute approximate surface area is 144 Å². The van der Waals surface area contributed by atoms with Crippen LogP contribution in [0.4, 0.5) is 0 Å². The summed E-state index contributed by atoms with van der Waals surface area (Å²) in [4.78, 5) is 0. The Morgan fingerprint density at radius 1 is 0.958 bits per heavy atom. The quantitative estimate of drug-likeness (QED) is 0.527. The minimum Gasteiger partial charge on any atom is -0.346 e. The topological polar surface area (TPSA) is 4.93 Å². The predicted molar refractivity (Wildman–Crippen MR) is 103 cm³/mol. The lowest BCUT2D eigenvalue weighted by Gasteiger charge is -2.40.